The number of hydrogen-bond acceptors (Lipinski definition) is 7. The standard InChI is InChI=1S/C17H22N4O3/c1-13-11-15(20-16(19-13)18-12-14-3-2-8-22-14)21-6-4-17(5-7-21)23-9-10-24-17/h2-3,8,11H,4-7,9-10,12H2,1H3,(H,18,19,20). The van der Waals surface area contributed by atoms with Crippen LogP contribution in [0, 0.1) is 6.92 Å². The highest BCUT2D eigenvalue weighted by Gasteiger charge is 2.40. The fraction of sp³-hybridized carbons (Fsp3) is 0.529. The van der Waals surface area contributed by atoms with E-state index >= 15 is 0 Å². The number of aromatic nitrogens is 2. The SMILES string of the molecule is Cc1cc(N2CCC3(CC2)OCCO3)nc(NCc2ccco2)n1. The number of furan rings is 1. The molecule has 0 amide bonds. The molecule has 0 radical (unpaired) electrons. The van der Waals surface area contributed by atoms with Gasteiger partial charge in [-0.3, -0.25) is 0 Å². The number of ether oxygens (including phenoxy) is 2. The second kappa shape index (κ2) is 6.41. The van der Waals surface area contributed by atoms with Gasteiger partial charge in [0, 0.05) is 37.7 Å². The highest BCUT2D eigenvalue weighted by Crippen LogP contribution is 2.33. The zero-order chi connectivity index (χ0) is 16.4. The lowest BCUT2D eigenvalue weighted by Crippen LogP contribution is -2.45. The van der Waals surface area contributed by atoms with Crippen molar-refractivity contribution < 1.29 is 13.9 Å². The van der Waals surface area contributed by atoms with Crippen LogP contribution in [0.15, 0.2) is 28.9 Å². The third-order valence-electron chi connectivity index (χ3n) is 4.50. The van der Waals surface area contributed by atoms with Crippen molar-refractivity contribution in [2.45, 2.75) is 32.1 Å². The van der Waals surface area contributed by atoms with Gasteiger partial charge in [0.1, 0.15) is 11.6 Å². The van der Waals surface area contributed by atoms with Gasteiger partial charge in [-0.2, -0.15) is 4.98 Å². The molecule has 0 unspecified atom stereocenters. The van der Waals surface area contributed by atoms with Gasteiger partial charge in [-0.1, -0.05) is 0 Å². The summed E-state index contributed by atoms with van der Waals surface area (Å²) in [6, 6.07) is 5.82. The van der Waals surface area contributed by atoms with Crippen LogP contribution < -0.4 is 10.2 Å². The minimum Gasteiger partial charge on any atom is -0.467 e. The lowest BCUT2D eigenvalue weighted by molar-refractivity contribution is -0.169. The van der Waals surface area contributed by atoms with Gasteiger partial charge < -0.3 is 24.1 Å². The van der Waals surface area contributed by atoms with E-state index in [-0.39, 0.29) is 5.79 Å². The first-order valence-electron chi connectivity index (χ1n) is 8.37. The maximum Gasteiger partial charge on any atom is 0.225 e. The minimum absolute atomic E-state index is 0.362. The summed E-state index contributed by atoms with van der Waals surface area (Å²) in [6.45, 7) is 5.70. The van der Waals surface area contributed by atoms with Crippen LogP contribution in [-0.2, 0) is 16.0 Å². The maximum atomic E-state index is 5.79. The fourth-order valence-corrected chi connectivity index (χ4v) is 3.23. The van der Waals surface area contributed by atoms with E-state index in [1.807, 2.05) is 25.1 Å². The summed E-state index contributed by atoms with van der Waals surface area (Å²) in [4.78, 5) is 11.4. The van der Waals surface area contributed by atoms with Gasteiger partial charge in [0.05, 0.1) is 26.0 Å². The van der Waals surface area contributed by atoms with Gasteiger partial charge in [0.2, 0.25) is 5.95 Å². The highest BCUT2D eigenvalue weighted by molar-refractivity contribution is 5.45. The lowest BCUT2D eigenvalue weighted by Gasteiger charge is -2.38. The lowest BCUT2D eigenvalue weighted by atomic mass is 10.0. The van der Waals surface area contributed by atoms with Crippen LogP contribution in [0.5, 0.6) is 0 Å². The smallest absolute Gasteiger partial charge is 0.225 e. The Morgan fingerprint density at radius 1 is 1.21 bits per heavy atom. The summed E-state index contributed by atoms with van der Waals surface area (Å²) >= 11 is 0. The zero-order valence-corrected chi connectivity index (χ0v) is 13.8. The van der Waals surface area contributed by atoms with Gasteiger partial charge in [-0.15, -0.1) is 0 Å². The molecule has 2 aliphatic heterocycles. The molecule has 0 saturated carbocycles. The van der Waals surface area contributed by atoms with Gasteiger partial charge in [-0.05, 0) is 19.1 Å². The predicted molar refractivity (Wildman–Crippen MR) is 88.9 cm³/mol. The number of piperidine rings is 1. The van der Waals surface area contributed by atoms with Crippen LogP contribution in [0.4, 0.5) is 11.8 Å². The first kappa shape index (κ1) is 15.4. The third-order valence-corrected chi connectivity index (χ3v) is 4.50. The molecule has 7 nitrogen and oxygen atoms in total. The van der Waals surface area contributed by atoms with Crippen LogP contribution in [0.1, 0.15) is 24.3 Å². The Kier molecular flexibility index (Phi) is 4.12. The molecular formula is C17H22N4O3. The quantitative estimate of drug-likeness (QED) is 0.922. The molecule has 0 aliphatic carbocycles. The fourth-order valence-electron chi connectivity index (χ4n) is 3.23. The monoisotopic (exact) mass is 330 g/mol. The molecule has 1 spiro atoms. The molecular weight excluding hydrogens is 308 g/mol. The Labute approximate surface area is 141 Å². The van der Waals surface area contributed by atoms with E-state index in [1.165, 1.54) is 0 Å². The van der Waals surface area contributed by atoms with E-state index in [9.17, 15) is 0 Å². The summed E-state index contributed by atoms with van der Waals surface area (Å²) in [5, 5.41) is 3.22. The van der Waals surface area contributed by atoms with Crippen LogP contribution in [0.25, 0.3) is 0 Å². The average molecular weight is 330 g/mol. The molecule has 4 rings (SSSR count). The van der Waals surface area contributed by atoms with Crippen molar-refractivity contribution in [3.8, 4) is 0 Å². The van der Waals surface area contributed by atoms with Crippen molar-refractivity contribution in [2.24, 2.45) is 0 Å². The molecule has 128 valence electrons. The van der Waals surface area contributed by atoms with Gasteiger partial charge in [-0.25, -0.2) is 4.98 Å². The van der Waals surface area contributed by atoms with E-state index in [0.29, 0.717) is 25.7 Å². The molecule has 0 atom stereocenters. The normalized spacial score (nSPS) is 19.8. The van der Waals surface area contributed by atoms with Crippen LogP contribution in [0.3, 0.4) is 0 Å². The van der Waals surface area contributed by atoms with Crippen molar-refractivity contribution in [1.82, 2.24) is 9.97 Å². The number of aryl methyl sites for hydroxylation is 1. The van der Waals surface area contributed by atoms with E-state index in [1.54, 1.807) is 6.26 Å². The second-order valence-electron chi connectivity index (χ2n) is 6.22. The molecule has 7 heteroatoms. The number of nitrogens with one attached hydrogen (secondary N) is 1. The average Bonchev–Trinajstić information content (AvgIpc) is 3.26. The Bertz CT molecular complexity index is 673. The number of hydrogen-bond donors (Lipinski definition) is 1. The van der Waals surface area contributed by atoms with Crippen LogP contribution in [-0.4, -0.2) is 42.1 Å². The molecule has 0 bridgehead atoms. The summed E-state index contributed by atoms with van der Waals surface area (Å²) in [5.41, 5.74) is 0.940. The molecule has 24 heavy (non-hydrogen) atoms. The molecule has 1 N–H and O–H groups in total. The maximum absolute atomic E-state index is 5.79. The van der Waals surface area contributed by atoms with E-state index in [2.05, 4.69) is 20.2 Å². The van der Waals surface area contributed by atoms with E-state index in [4.69, 9.17) is 13.9 Å². The first-order valence-corrected chi connectivity index (χ1v) is 8.37. The van der Waals surface area contributed by atoms with Gasteiger partial charge in [0.15, 0.2) is 5.79 Å². The molecule has 2 aromatic heterocycles. The third kappa shape index (κ3) is 3.22. The molecule has 0 aromatic carbocycles. The van der Waals surface area contributed by atoms with Crippen molar-refractivity contribution in [3.63, 3.8) is 0 Å². The molecule has 4 heterocycles. The molecule has 2 aliphatic rings. The highest BCUT2D eigenvalue weighted by atomic mass is 16.7. The Morgan fingerprint density at radius 3 is 2.71 bits per heavy atom. The van der Waals surface area contributed by atoms with Crippen LogP contribution >= 0.6 is 0 Å². The number of anilines is 2. The number of nitrogens with zero attached hydrogens (tertiary/aromatic N) is 3. The molecule has 2 fully saturated rings. The van der Waals surface area contributed by atoms with Crippen LogP contribution in [0.2, 0.25) is 0 Å². The van der Waals surface area contributed by atoms with E-state index < -0.39 is 0 Å². The van der Waals surface area contributed by atoms with Gasteiger partial charge in [0.25, 0.3) is 0 Å². The summed E-state index contributed by atoms with van der Waals surface area (Å²) in [7, 11) is 0. The minimum atomic E-state index is -0.362. The Morgan fingerprint density at radius 2 is 2.00 bits per heavy atom. The van der Waals surface area contributed by atoms with Crippen molar-refractivity contribution in [3.05, 3.63) is 35.9 Å². The molecule has 2 saturated heterocycles. The van der Waals surface area contributed by atoms with Gasteiger partial charge >= 0.3 is 0 Å². The van der Waals surface area contributed by atoms with Crippen molar-refractivity contribution in [1.29, 1.82) is 0 Å². The van der Waals surface area contributed by atoms with Crippen molar-refractivity contribution >= 4 is 11.8 Å². The number of rotatable bonds is 4. The first-order chi connectivity index (χ1) is 11.7. The Hall–Kier alpha value is -2.12. The predicted octanol–water partition coefficient (Wildman–Crippen LogP) is 2.33. The summed E-state index contributed by atoms with van der Waals surface area (Å²) in [6.07, 6.45) is 3.40. The topological polar surface area (TPSA) is 72.7 Å². The van der Waals surface area contributed by atoms with E-state index in [0.717, 1.165) is 43.2 Å². The summed E-state index contributed by atoms with van der Waals surface area (Å²) in [5.74, 6) is 2.06. The zero-order valence-electron chi connectivity index (χ0n) is 13.8. The second-order valence-corrected chi connectivity index (χ2v) is 6.22. The molecule has 2 aromatic rings. The summed E-state index contributed by atoms with van der Waals surface area (Å²) < 4.78 is 16.9. The van der Waals surface area contributed by atoms with Crippen molar-refractivity contribution in [2.75, 3.05) is 36.5 Å². The largest absolute Gasteiger partial charge is 0.467 e. The Balaban J connectivity index is 1.43.